The number of nitrogens with zero attached hydrogens (tertiary/aromatic N) is 2. The number of aryl methyl sites for hydroxylation is 1. The van der Waals surface area contributed by atoms with E-state index in [1.807, 2.05) is 0 Å². The third-order valence-electron chi connectivity index (χ3n) is 5.66. The van der Waals surface area contributed by atoms with Crippen LogP contribution >= 0.6 is 0 Å². The summed E-state index contributed by atoms with van der Waals surface area (Å²) < 4.78 is 68.9. The van der Waals surface area contributed by atoms with Crippen molar-refractivity contribution in [2.75, 3.05) is 5.32 Å². The van der Waals surface area contributed by atoms with Crippen LogP contribution < -0.4 is 10.1 Å². The first-order valence-corrected chi connectivity index (χ1v) is 9.64. The number of carbonyl (C=O) groups is 1. The van der Waals surface area contributed by atoms with E-state index in [-0.39, 0.29) is 11.7 Å². The molecule has 4 rings (SSSR count). The van der Waals surface area contributed by atoms with Crippen LogP contribution in [-0.4, -0.2) is 28.0 Å². The molecule has 0 saturated heterocycles. The summed E-state index contributed by atoms with van der Waals surface area (Å²) in [6, 6.07) is 5.43. The van der Waals surface area contributed by atoms with Gasteiger partial charge in [-0.1, -0.05) is 6.42 Å². The van der Waals surface area contributed by atoms with Crippen molar-refractivity contribution in [2.45, 2.75) is 50.3 Å². The van der Waals surface area contributed by atoms with Gasteiger partial charge in [0.15, 0.2) is 5.82 Å². The number of hydrogen-bond acceptors (Lipinski definition) is 3. The van der Waals surface area contributed by atoms with Crippen molar-refractivity contribution in [1.29, 1.82) is 0 Å². The molecule has 1 heterocycles. The Hall–Kier alpha value is -2.65. The highest BCUT2D eigenvalue weighted by Gasteiger charge is 2.49. The van der Waals surface area contributed by atoms with E-state index in [2.05, 4.69) is 15.2 Å². The summed E-state index contributed by atoms with van der Waals surface area (Å²) in [6.45, 7) is 0. The molecule has 162 valence electrons. The monoisotopic (exact) mass is 429 g/mol. The Labute approximate surface area is 169 Å². The molecule has 0 aliphatic heterocycles. The standard InChI is InChI=1S/C20H20F5N3O2/c1-28-16(12-5-7-14(8-6-12)30-20(23,24)25)15(11-3-2-4-11)17(27-28)26-18(29)13-9-19(21,22)10-13/h5-8,11,13H,2-4,9-10H2,1H3,(H,26,27,29). The van der Waals surface area contributed by atoms with Crippen molar-refractivity contribution in [3.63, 3.8) is 0 Å². The molecule has 0 atom stereocenters. The molecular formula is C20H20F5N3O2. The van der Waals surface area contributed by atoms with E-state index >= 15 is 0 Å². The maximum Gasteiger partial charge on any atom is 0.573 e. The molecule has 1 aromatic heterocycles. The summed E-state index contributed by atoms with van der Waals surface area (Å²) in [4.78, 5) is 12.4. The predicted octanol–water partition coefficient (Wildman–Crippen LogP) is 5.24. The molecule has 0 bridgehead atoms. The fourth-order valence-electron chi connectivity index (χ4n) is 3.94. The highest BCUT2D eigenvalue weighted by molar-refractivity contribution is 5.94. The molecule has 2 saturated carbocycles. The number of halogens is 5. The Morgan fingerprint density at radius 3 is 2.33 bits per heavy atom. The van der Waals surface area contributed by atoms with Crippen LogP contribution in [-0.2, 0) is 11.8 Å². The van der Waals surface area contributed by atoms with Gasteiger partial charge in [-0.05, 0) is 43.0 Å². The number of ether oxygens (including phenoxy) is 1. The molecule has 0 spiro atoms. The summed E-state index contributed by atoms with van der Waals surface area (Å²) in [6.07, 6.45) is -2.94. The lowest BCUT2D eigenvalue weighted by Gasteiger charge is -2.33. The van der Waals surface area contributed by atoms with E-state index in [1.54, 1.807) is 11.7 Å². The molecule has 1 aromatic carbocycles. The van der Waals surface area contributed by atoms with Gasteiger partial charge in [-0.25, -0.2) is 8.78 Å². The molecule has 2 fully saturated rings. The highest BCUT2D eigenvalue weighted by Crippen LogP contribution is 2.46. The quantitative estimate of drug-likeness (QED) is 0.662. The molecule has 1 N–H and O–H groups in total. The third kappa shape index (κ3) is 4.13. The Bertz CT molecular complexity index is 941. The summed E-state index contributed by atoms with van der Waals surface area (Å²) in [7, 11) is 1.67. The number of anilines is 1. The smallest absolute Gasteiger partial charge is 0.406 e. The Kier molecular flexibility index (Phi) is 4.98. The topological polar surface area (TPSA) is 56.2 Å². The summed E-state index contributed by atoms with van der Waals surface area (Å²) >= 11 is 0. The second kappa shape index (κ2) is 7.24. The number of amides is 1. The van der Waals surface area contributed by atoms with Gasteiger partial charge in [0.25, 0.3) is 0 Å². The average molecular weight is 429 g/mol. The number of nitrogens with one attached hydrogen (secondary N) is 1. The lowest BCUT2D eigenvalue weighted by molar-refractivity contribution is -0.274. The third-order valence-corrected chi connectivity index (χ3v) is 5.66. The van der Waals surface area contributed by atoms with Gasteiger partial charge in [-0.15, -0.1) is 13.2 Å². The maximum absolute atomic E-state index is 13.1. The van der Waals surface area contributed by atoms with Gasteiger partial charge in [-0.3, -0.25) is 9.48 Å². The number of rotatable bonds is 5. The van der Waals surface area contributed by atoms with Gasteiger partial charge < -0.3 is 10.1 Å². The van der Waals surface area contributed by atoms with Gasteiger partial charge in [0.2, 0.25) is 11.8 Å². The van der Waals surface area contributed by atoms with Gasteiger partial charge in [-0.2, -0.15) is 5.10 Å². The van der Waals surface area contributed by atoms with Crippen molar-refractivity contribution < 1.29 is 31.5 Å². The zero-order valence-corrected chi connectivity index (χ0v) is 16.1. The molecule has 5 nitrogen and oxygen atoms in total. The zero-order chi connectivity index (χ0) is 21.7. The molecular weight excluding hydrogens is 409 g/mol. The van der Waals surface area contributed by atoms with Gasteiger partial charge in [0.05, 0.1) is 5.69 Å². The first-order valence-electron chi connectivity index (χ1n) is 9.64. The molecule has 2 aromatic rings. The molecule has 2 aliphatic carbocycles. The van der Waals surface area contributed by atoms with E-state index in [0.29, 0.717) is 17.1 Å². The van der Waals surface area contributed by atoms with Crippen molar-refractivity contribution in [3.05, 3.63) is 29.8 Å². The normalized spacial score (nSPS) is 19.1. The fourth-order valence-corrected chi connectivity index (χ4v) is 3.94. The molecule has 0 radical (unpaired) electrons. The summed E-state index contributed by atoms with van der Waals surface area (Å²) in [5.74, 6) is -3.91. The van der Waals surface area contributed by atoms with Gasteiger partial charge in [0, 0.05) is 36.9 Å². The van der Waals surface area contributed by atoms with Crippen LogP contribution in [0.15, 0.2) is 24.3 Å². The van der Waals surface area contributed by atoms with Crippen LogP contribution in [0.5, 0.6) is 5.75 Å². The van der Waals surface area contributed by atoms with Crippen LogP contribution in [0, 0.1) is 5.92 Å². The van der Waals surface area contributed by atoms with Crippen LogP contribution in [0.25, 0.3) is 11.3 Å². The highest BCUT2D eigenvalue weighted by atomic mass is 19.4. The van der Waals surface area contributed by atoms with E-state index in [1.165, 1.54) is 24.3 Å². The van der Waals surface area contributed by atoms with Crippen LogP contribution in [0.1, 0.15) is 43.6 Å². The van der Waals surface area contributed by atoms with Crippen LogP contribution in [0.2, 0.25) is 0 Å². The minimum atomic E-state index is -4.78. The Morgan fingerprint density at radius 2 is 1.83 bits per heavy atom. The predicted molar refractivity (Wildman–Crippen MR) is 98.2 cm³/mol. The number of alkyl halides is 5. The van der Waals surface area contributed by atoms with Crippen molar-refractivity contribution in [1.82, 2.24) is 9.78 Å². The lowest BCUT2D eigenvalue weighted by Crippen LogP contribution is -2.42. The van der Waals surface area contributed by atoms with Crippen molar-refractivity contribution in [2.24, 2.45) is 13.0 Å². The number of carbonyl (C=O) groups excluding carboxylic acids is 1. The minimum absolute atomic E-state index is 0.137. The SMILES string of the molecule is Cn1nc(NC(=O)C2CC(F)(F)C2)c(C2CCC2)c1-c1ccc(OC(F)(F)F)cc1. The van der Waals surface area contributed by atoms with E-state index in [4.69, 9.17) is 0 Å². The van der Waals surface area contributed by atoms with E-state index < -0.39 is 37.0 Å². The van der Waals surface area contributed by atoms with Gasteiger partial charge >= 0.3 is 6.36 Å². The summed E-state index contributed by atoms with van der Waals surface area (Å²) in [5, 5.41) is 7.07. The van der Waals surface area contributed by atoms with Gasteiger partial charge in [0.1, 0.15) is 5.75 Å². The largest absolute Gasteiger partial charge is 0.573 e. The number of aromatic nitrogens is 2. The van der Waals surface area contributed by atoms with Crippen molar-refractivity contribution >= 4 is 11.7 Å². The molecule has 2 aliphatic rings. The first-order chi connectivity index (χ1) is 14.0. The lowest BCUT2D eigenvalue weighted by atomic mass is 9.78. The summed E-state index contributed by atoms with van der Waals surface area (Å²) in [5.41, 5.74) is 2.08. The first kappa shape index (κ1) is 20.6. The average Bonchev–Trinajstić information content (AvgIpc) is 2.86. The van der Waals surface area contributed by atoms with Crippen LogP contribution in [0.4, 0.5) is 27.8 Å². The Balaban J connectivity index is 1.61. The number of benzene rings is 1. The molecule has 10 heteroatoms. The maximum atomic E-state index is 13.1. The Morgan fingerprint density at radius 1 is 1.20 bits per heavy atom. The minimum Gasteiger partial charge on any atom is -0.406 e. The second-order valence-corrected chi connectivity index (χ2v) is 7.88. The number of hydrogen-bond donors (Lipinski definition) is 1. The second-order valence-electron chi connectivity index (χ2n) is 7.88. The molecule has 30 heavy (non-hydrogen) atoms. The van der Waals surface area contributed by atoms with E-state index in [0.717, 1.165) is 24.8 Å². The molecule has 0 unspecified atom stereocenters. The fraction of sp³-hybridized carbons (Fsp3) is 0.500. The van der Waals surface area contributed by atoms with Crippen molar-refractivity contribution in [3.8, 4) is 17.0 Å². The zero-order valence-electron chi connectivity index (χ0n) is 16.1. The van der Waals surface area contributed by atoms with Crippen LogP contribution in [0.3, 0.4) is 0 Å². The molecule has 1 amide bonds. The van der Waals surface area contributed by atoms with E-state index in [9.17, 15) is 26.7 Å².